The Balaban J connectivity index is 1.83. The SMILES string of the molecule is Cc1nc(C2(N)CCCC(C3CC3)C2)sc1C. The molecule has 1 heterocycles. The summed E-state index contributed by atoms with van der Waals surface area (Å²) in [5, 5.41) is 1.19. The van der Waals surface area contributed by atoms with Gasteiger partial charge in [0.15, 0.2) is 0 Å². The molecule has 2 saturated carbocycles. The molecule has 2 aliphatic carbocycles. The van der Waals surface area contributed by atoms with Gasteiger partial charge in [0.05, 0.1) is 11.2 Å². The van der Waals surface area contributed by atoms with Gasteiger partial charge in [-0.05, 0) is 51.4 Å². The minimum absolute atomic E-state index is 0.116. The monoisotopic (exact) mass is 250 g/mol. The largest absolute Gasteiger partial charge is 0.319 e. The minimum atomic E-state index is -0.116. The molecule has 0 amide bonds. The number of thiazole rings is 1. The summed E-state index contributed by atoms with van der Waals surface area (Å²) in [4.78, 5) is 6.05. The first kappa shape index (κ1) is 11.7. The van der Waals surface area contributed by atoms with Crippen molar-refractivity contribution in [2.24, 2.45) is 17.6 Å². The lowest BCUT2D eigenvalue weighted by Crippen LogP contribution is -2.41. The molecule has 0 aromatic carbocycles. The van der Waals surface area contributed by atoms with Crippen LogP contribution in [0.15, 0.2) is 0 Å². The standard InChI is InChI=1S/C14H22N2S/c1-9-10(2)17-13(16-9)14(15)7-3-4-12(8-14)11-5-6-11/h11-12H,3-8,15H2,1-2H3. The van der Waals surface area contributed by atoms with Crippen molar-refractivity contribution in [1.82, 2.24) is 4.98 Å². The van der Waals surface area contributed by atoms with Gasteiger partial charge >= 0.3 is 0 Å². The number of aryl methyl sites for hydroxylation is 2. The van der Waals surface area contributed by atoms with Crippen LogP contribution >= 0.6 is 11.3 Å². The zero-order valence-electron chi connectivity index (χ0n) is 10.8. The summed E-state index contributed by atoms with van der Waals surface area (Å²) in [6, 6.07) is 0. The lowest BCUT2D eigenvalue weighted by molar-refractivity contribution is 0.206. The maximum absolute atomic E-state index is 6.67. The zero-order chi connectivity index (χ0) is 12.0. The predicted molar refractivity (Wildman–Crippen MR) is 72.1 cm³/mol. The first-order chi connectivity index (χ1) is 8.08. The Hall–Kier alpha value is -0.410. The molecule has 17 heavy (non-hydrogen) atoms. The van der Waals surface area contributed by atoms with Crippen molar-refractivity contribution in [3.8, 4) is 0 Å². The molecule has 0 spiro atoms. The van der Waals surface area contributed by atoms with Crippen LogP contribution in [0.1, 0.15) is 54.1 Å². The summed E-state index contributed by atoms with van der Waals surface area (Å²) in [6.07, 6.45) is 7.86. The van der Waals surface area contributed by atoms with Gasteiger partial charge in [-0.25, -0.2) is 4.98 Å². The van der Waals surface area contributed by atoms with E-state index in [0.717, 1.165) is 18.3 Å². The summed E-state index contributed by atoms with van der Waals surface area (Å²) in [5.74, 6) is 1.86. The van der Waals surface area contributed by atoms with Gasteiger partial charge in [-0.15, -0.1) is 11.3 Å². The van der Waals surface area contributed by atoms with Gasteiger partial charge in [0, 0.05) is 4.88 Å². The Bertz CT molecular complexity index is 402. The maximum atomic E-state index is 6.67. The first-order valence-corrected chi connectivity index (χ1v) is 7.63. The molecule has 94 valence electrons. The van der Waals surface area contributed by atoms with E-state index >= 15 is 0 Å². The normalized spacial score (nSPS) is 33.9. The Morgan fingerprint density at radius 2 is 2.00 bits per heavy atom. The van der Waals surface area contributed by atoms with Crippen LogP contribution in [-0.2, 0) is 5.54 Å². The molecule has 3 heteroatoms. The molecule has 0 bridgehead atoms. The van der Waals surface area contributed by atoms with E-state index in [-0.39, 0.29) is 5.54 Å². The Morgan fingerprint density at radius 3 is 2.59 bits per heavy atom. The van der Waals surface area contributed by atoms with Gasteiger partial charge in [0.25, 0.3) is 0 Å². The second-order valence-electron chi connectivity index (χ2n) is 6.01. The van der Waals surface area contributed by atoms with Gasteiger partial charge in [0.2, 0.25) is 0 Å². The molecule has 0 radical (unpaired) electrons. The van der Waals surface area contributed by atoms with Crippen LogP contribution in [0, 0.1) is 25.7 Å². The fourth-order valence-electron chi connectivity index (χ4n) is 3.20. The van der Waals surface area contributed by atoms with Crippen molar-refractivity contribution in [3.05, 3.63) is 15.6 Å². The van der Waals surface area contributed by atoms with Crippen molar-refractivity contribution in [2.45, 2.75) is 57.9 Å². The maximum Gasteiger partial charge on any atom is 0.113 e. The molecule has 2 aliphatic rings. The Labute approximate surface area is 108 Å². The first-order valence-electron chi connectivity index (χ1n) is 6.82. The second kappa shape index (κ2) is 4.06. The summed E-state index contributed by atoms with van der Waals surface area (Å²) in [6.45, 7) is 4.25. The van der Waals surface area contributed by atoms with Crippen LogP contribution < -0.4 is 5.73 Å². The fourth-order valence-corrected chi connectivity index (χ4v) is 4.26. The van der Waals surface area contributed by atoms with E-state index in [2.05, 4.69) is 13.8 Å². The molecule has 2 atom stereocenters. The summed E-state index contributed by atoms with van der Waals surface area (Å²) < 4.78 is 0. The zero-order valence-corrected chi connectivity index (χ0v) is 11.6. The summed E-state index contributed by atoms with van der Waals surface area (Å²) in [5.41, 5.74) is 7.72. The summed E-state index contributed by atoms with van der Waals surface area (Å²) >= 11 is 1.82. The van der Waals surface area contributed by atoms with Gasteiger partial charge in [-0.1, -0.05) is 12.8 Å². The highest BCUT2D eigenvalue weighted by molar-refractivity contribution is 7.11. The molecule has 2 N–H and O–H groups in total. The van der Waals surface area contributed by atoms with Gasteiger partial charge in [-0.2, -0.15) is 0 Å². The fraction of sp³-hybridized carbons (Fsp3) is 0.786. The molecular weight excluding hydrogens is 228 g/mol. The number of hydrogen-bond donors (Lipinski definition) is 1. The lowest BCUT2D eigenvalue weighted by atomic mass is 9.74. The number of rotatable bonds is 2. The third-order valence-corrected chi connectivity index (χ3v) is 5.86. The summed E-state index contributed by atoms with van der Waals surface area (Å²) in [7, 11) is 0. The van der Waals surface area contributed by atoms with Crippen molar-refractivity contribution in [1.29, 1.82) is 0 Å². The minimum Gasteiger partial charge on any atom is -0.319 e. The molecule has 3 rings (SSSR count). The lowest BCUT2D eigenvalue weighted by Gasteiger charge is -2.36. The smallest absolute Gasteiger partial charge is 0.113 e. The number of nitrogens with two attached hydrogens (primary N) is 1. The van der Waals surface area contributed by atoms with Crippen LogP contribution in [0.5, 0.6) is 0 Å². The molecule has 2 fully saturated rings. The van der Waals surface area contributed by atoms with Gasteiger partial charge in [-0.3, -0.25) is 0 Å². The molecule has 0 aliphatic heterocycles. The molecule has 2 unspecified atom stereocenters. The van der Waals surface area contributed by atoms with Crippen molar-refractivity contribution < 1.29 is 0 Å². The molecule has 0 saturated heterocycles. The Morgan fingerprint density at radius 1 is 1.24 bits per heavy atom. The van der Waals surface area contributed by atoms with Crippen LogP contribution in [0.25, 0.3) is 0 Å². The molecular formula is C14H22N2S. The van der Waals surface area contributed by atoms with Crippen molar-refractivity contribution >= 4 is 11.3 Å². The topological polar surface area (TPSA) is 38.9 Å². The van der Waals surface area contributed by atoms with Crippen LogP contribution in [0.4, 0.5) is 0 Å². The number of hydrogen-bond acceptors (Lipinski definition) is 3. The second-order valence-corrected chi connectivity index (χ2v) is 7.21. The number of aromatic nitrogens is 1. The van der Waals surface area contributed by atoms with Crippen LogP contribution in [0.3, 0.4) is 0 Å². The highest BCUT2D eigenvalue weighted by Crippen LogP contribution is 2.49. The third kappa shape index (κ3) is 2.15. The van der Waals surface area contributed by atoms with Gasteiger partial charge < -0.3 is 5.73 Å². The number of nitrogens with zero attached hydrogens (tertiary/aromatic N) is 1. The Kier molecular flexibility index (Phi) is 2.79. The van der Waals surface area contributed by atoms with E-state index in [1.165, 1.54) is 47.7 Å². The third-order valence-electron chi connectivity index (χ3n) is 4.57. The van der Waals surface area contributed by atoms with E-state index in [9.17, 15) is 0 Å². The van der Waals surface area contributed by atoms with E-state index in [4.69, 9.17) is 10.7 Å². The average molecular weight is 250 g/mol. The quantitative estimate of drug-likeness (QED) is 0.872. The van der Waals surface area contributed by atoms with Crippen LogP contribution in [-0.4, -0.2) is 4.98 Å². The highest BCUT2D eigenvalue weighted by Gasteiger charge is 2.42. The molecule has 2 nitrogen and oxygen atoms in total. The molecule has 1 aromatic heterocycles. The average Bonchev–Trinajstić information content (AvgIpc) is 3.07. The van der Waals surface area contributed by atoms with Crippen molar-refractivity contribution in [2.75, 3.05) is 0 Å². The van der Waals surface area contributed by atoms with E-state index in [1.54, 1.807) is 0 Å². The van der Waals surface area contributed by atoms with E-state index in [1.807, 2.05) is 11.3 Å². The van der Waals surface area contributed by atoms with Crippen molar-refractivity contribution in [3.63, 3.8) is 0 Å². The highest BCUT2D eigenvalue weighted by atomic mass is 32.1. The van der Waals surface area contributed by atoms with Gasteiger partial charge in [0.1, 0.15) is 5.01 Å². The van der Waals surface area contributed by atoms with Crippen LogP contribution in [0.2, 0.25) is 0 Å². The molecule has 1 aromatic rings. The van der Waals surface area contributed by atoms with E-state index < -0.39 is 0 Å². The predicted octanol–water partition coefficient (Wildman–Crippen LogP) is 3.51. The van der Waals surface area contributed by atoms with E-state index in [0.29, 0.717) is 0 Å².